The molecule has 0 aromatic heterocycles. The summed E-state index contributed by atoms with van der Waals surface area (Å²) in [5.74, 6) is 0.302. The SMILES string of the molecule is CC(=O)N1CCN(CCC(=O)N(C)Cc2ccccc2)CC1. The quantitative estimate of drug-likeness (QED) is 0.821. The van der Waals surface area contributed by atoms with E-state index in [0.29, 0.717) is 13.0 Å². The lowest BCUT2D eigenvalue weighted by molar-refractivity contribution is -0.133. The van der Waals surface area contributed by atoms with Crippen molar-refractivity contribution < 1.29 is 9.59 Å². The Morgan fingerprint density at radius 1 is 1.09 bits per heavy atom. The van der Waals surface area contributed by atoms with E-state index in [0.717, 1.165) is 38.3 Å². The number of rotatable bonds is 5. The average Bonchev–Trinajstić information content (AvgIpc) is 2.53. The highest BCUT2D eigenvalue weighted by Gasteiger charge is 2.19. The molecular formula is C17H25N3O2. The number of carbonyl (C=O) groups excluding carboxylic acids is 2. The van der Waals surface area contributed by atoms with Crippen LogP contribution in [0, 0.1) is 0 Å². The van der Waals surface area contributed by atoms with Gasteiger partial charge >= 0.3 is 0 Å². The fourth-order valence-electron chi connectivity index (χ4n) is 2.68. The first kappa shape index (κ1) is 16.5. The van der Waals surface area contributed by atoms with Gasteiger partial charge in [0.2, 0.25) is 11.8 Å². The number of amides is 2. The van der Waals surface area contributed by atoms with Crippen LogP contribution in [0.25, 0.3) is 0 Å². The molecule has 5 nitrogen and oxygen atoms in total. The summed E-state index contributed by atoms with van der Waals surface area (Å²) in [7, 11) is 1.85. The number of carbonyl (C=O) groups is 2. The molecule has 1 heterocycles. The highest BCUT2D eigenvalue weighted by Crippen LogP contribution is 2.06. The number of hydrogen-bond donors (Lipinski definition) is 0. The molecule has 0 saturated carbocycles. The zero-order chi connectivity index (χ0) is 15.9. The maximum absolute atomic E-state index is 12.2. The molecule has 1 fully saturated rings. The summed E-state index contributed by atoms with van der Waals surface area (Å²) >= 11 is 0. The second kappa shape index (κ2) is 7.94. The first-order chi connectivity index (χ1) is 10.6. The van der Waals surface area contributed by atoms with Gasteiger partial charge in [0.25, 0.3) is 0 Å². The third-order valence-corrected chi connectivity index (χ3v) is 4.15. The molecule has 22 heavy (non-hydrogen) atoms. The fraction of sp³-hybridized carbons (Fsp3) is 0.529. The standard InChI is InChI=1S/C17H25N3O2/c1-15(21)20-12-10-19(11-13-20)9-8-17(22)18(2)14-16-6-4-3-5-7-16/h3-7H,8-14H2,1-2H3. The van der Waals surface area contributed by atoms with E-state index in [1.807, 2.05) is 42.3 Å². The highest BCUT2D eigenvalue weighted by molar-refractivity contribution is 5.76. The second-order valence-corrected chi connectivity index (χ2v) is 5.83. The number of benzene rings is 1. The van der Waals surface area contributed by atoms with Gasteiger partial charge in [0.1, 0.15) is 0 Å². The van der Waals surface area contributed by atoms with Gasteiger partial charge in [-0.05, 0) is 5.56 Å². The van der Waals surface area contributed by atoms with Crippen LogP contribution in [0.4, 0.5) is 0 Å². The molecule has 1 saturated heterocycles. The van der Waals surface area contributed by atoms with Crippen LogP contribution in [0.1, 0.15) is 18.9 Å². The summed E-state index contributed by atoms with van der Waals surface area (Å²) in [5, 5.41) is 0. The third kappa shape index (κ3) is 4.84. The first-order valence-electron chi connectivity index (χ1n) is 7.82. The van der Waals surface area contributed by atoms with Crippen LogP contribution in [0.5, 0.6) is 0 Å². The third-order valence-electron chi connectivity index (χ3n) is 4.15. The lowest BCUT2D eigenvalue weighted by Gasteiger charge is -2.34. The molecule has 1 aromatic carbocycles. The monoisotopic (exact) mass is 303 g/mol. The molecule has 0 atom stereocenters. The molecule has 0 aliphatic carbocycles. The Morgan fingerprint density at radius 3 is 2.32 bits per heavy atom. The van der Waals surface area contributed by atoms with Crippen molar-refractivity contribution in [1.29, 1.82) is 0 Å². The van der Waals surface area contributed by atoms with Gasteiger partial charge in [-0.3, -0.25) is 14.5 Å². The molecule has 0 bridgehead atoms. The van der Waals surface area contributed by atoms with Gasteiger partial charge in [0.15, 0.2) is 0 Å². The Labute approximate surface area is 132 Å². The second-order valence-electron chi connectivity index (χ2n) is 5.83. The molecule has 1 aromatic rings. The highest BCUT2D eigenvalue weighted by atomic mass is 16.2. The van der Waals surface area contributed by atoms with Crippen LogP contribution in [-0.2, 0) is 16.1 Å². The molecule has 0 radical (unpaired) electrons. The normalized spacial score (nSPS) is 15.6. The van der Waals surface area contributed by atoms with E-state index in [1.54, 1.807) is 11.8 Å². The molecule has 5 heteroatoms. The lowest BCUT2D eigenvalue weighted by atomic mass is 10.2. The van der Waals surface area contributed by atoms with Gasteiger partial charge in [-0.15, -0.1) is 0 Å². The zero-order valence-corrected chi connectivity index (χ0v) is 13.5. The van der Waals surface area contributed by atoms with E-state index < -0.39 is 0 Å². The topological polar surface area (TPSA) is 43.9 Å². The van der Waals surface area contributed by atoms with Gasteiger partial charge in [-0.1, -0.05) is 30.3 Å². The van der Waals surface area contributed by atoms with Gasteiger partial charge in [0.05, 0.1) is 0 Å². The molecular weight excluding hydrogens is 278 g/mol. The predicted octanol–water partition coefficient (Wildman–Crippen LogP) is 1.20. The smallest absolute Gasteiger partial charge is 0.223 e. The Hall–Kier alpha value is -1.88. The Morgan fingerprint density at radius 2 is 1.73 bits per heavy atom. The van der Waals surface area contributed by atoms with E-state index >= 15 is 0 Å². The molecule has 2 amide bonds. The van der Waals surface area contributed by atoms with E-state index in [9.17, 15) is 9.59 Å². The van der Waals surface area contributed by atoms with E-state index in [2.05, 4.69) is 4.90 Å². The number of piperazine rings is 1. The van der Waals surface area contributed by atoms with Crippen molar-refractivity contribution in [3.8, 4) is 0 Å². The molecule has 0 spiro atoms. The Balaban J connectivity index is 1.70. The average molecular weight is 303 g/mol. The van der Waals surface area contributed by atoms with Crippen molar-refractivity contribution in [3.05, 3.63) is 35.9 Å². The molecule has 120 valence electrons. The summed E-state index contributed by atoms with van der Waals surface area (Å²) in [4.78, 5) is 29.4. The molecule has 0 N–H and O–H groups in total. The van der Waals surface area contributed by atoms with Gasteiger partial charge < -0.3 is 9.80 Å². The number of hydrogen-bond acceptors (Lipinski definition) is 3. The maximum Gasteiger partial charge on any atom is 0.223 e. The minimum Gasteiger partial charge on any atom is -0.341 e. The van der Waals surface area contributed by atoms with Crippen molar-refractivity contribution in [2.75, 3.05) is 39.8 Å². The summed E-state index contributed by atoms with van der Waals surface area (Å²) in [6.45, 7) is 6.27. The summed E-state index contributed by atoms with van der Waals surface area (Å²) in [5.41, 5.74) is 1.15. The Bertz CT molecular complexity index is 496. The van der Waals surface area contributed by atoms with Gasteiger partial charge in [-0.2, -0.15) is 0 Å². The zero-order valence-electron chi connectivity index (χ0n) is 13.5. The molecule has 0 unspecified atom stereocenters. The van der Waals surface area contributed by atoms with Crippen molar-refractivity contribution in [3.63, 3.8) is 0 Å². The molecule has 1 aliphatic heterocycles. The van der Waals surface area contributed by atoms with Crippen molar-refractivity contribution in [2.45, 2.75) is 19.9 Å². The largest absolute Gasteiger partial charge is 0.341 e. The van der Waals surface area contributed by atoms with Crippen LogP contribution < -0.4 is 0 Å². The van der Waals surface area contributed by atoms with Crippen LogP contribution in [0.15, 0.2) is 30.3 Å². The summed E-state index contributed by atoms with van der Waals surface area (Å²) < 4.78 is 0. The maximum atomic E-state index is 12.2. The molecule has 2 rings (SSSR count). The van der Waals surface area contributed by atoms with Crippen LogP contribution >= 0.6 is 0 Å². The van der Waals surface area contributed by atoms with Crippen LogP contribution in [-0.4, -0.2) is 66.3 Å². The number of nitrogens with zero attached hydrogens (tertiary/aromatic N) is 3. The minimum atomic E-state index is 0.137. The van der Waals surface area contributed by atoms with Crippen LogP contribution in [0.2, 0.25) is 0 Å². The van der Waals surface area contributed by atoms with Crippen molar-refractivity contribution in [1.82, 2.24) is 14.7 Å². The predicted molar refractivity (Wildman–Crippen MR) is 86.2 cm³/mol. The Kier molecular flexibility index (Phi) is 5.95. The van der Waals surface area contributed by atoms with Crippen molar-refractivity contribution in [2.24, 2.45) is 0 Å². The first-order valence-corrected chi connectivity index (χ1v) is 7.82. The lowest BCUT2D eigenvalue weighted by Crippen LogP contribution is -2.48. The summed E-state index contributed by atoms with van der Waals surface area (Å²) in [6.07, 6.45) is 0.531. The fourth-order valence-corrected chi connectivity index (χ4v) is 2.68. The van der Waals surface area contributed by atoms with E-state index in [1.165, 1.54) is 0 Å². The van der Waals surface area contributed by atoms with Crippen LogP contribution in [0.3, 0.4) is 0 Å². The van der Waals surface area contributed by atoms with Crippen molar-refractivity contribution >= 4 is 11.8 Å². The van der Waals surface area contributed by atoms with Gasteiger partial charge in [-0.25, -0.2) is 0 Å². The minimum absolute atomic E-state index is 0.137. The molecule has 1 aliphatic rings. The summed E-state index contributed by atoms with van der Waals surface area (Å²) in [6, 6.07) is 10.0. The van der Waals surface area contributed by atoms with E-state index in [4.69, 9.17) is 0 Å². The van der Waals surface area contributed by atoms with E-state index in [-0.39, 0.29) is 11.8 Å². The van der Waals surface area contributed by atoms with Gasteiger partial charge in [0, 0.05) is 59.7 Å².